The van der Waals surface area contributed by atoms with Crippen LogP contribution in [0.2, 0.25) is 0 Å². The fraction of sp³-hybridized carbons (Fsp3) is 0.211. The van der Waals surface area contributed by atoms with Crippen LogP contribution in [0.25, 0.3) is 11.3 Å². The number of halogens is 1. The van der Waals surface area contributed by atoms with Crippen molar-refractivity contribution < 1.29 is 8.42 Å². The molecular weight excluding hydrogens is 446 g/mol. The first-order chi connectivity index (χ1) is 12.3. The highest BCUT2D eigenvalue weighted by molar-refractivity contribution is 8.93. The molecule has 0 amide bonds. The molecule has 0 aliphatic heterocycles. The largest absolute Gasteiger partial charge is 0.320 e. The molecule has 0 aliphatic carbocycles. The fourth-order valence-corrected chi connectivity index (χ4v) is 4.65. The topological polar surface area (TPSA) is 54.7 Å². The lowest BCUT2D eigenvalue weighted by Gasteiger charge is -2.15. The Bertz CT molecular complexity index is 1100. The molecule has 5 nitrogen and oxygen atoms in total. The number of benzene rings is 2. The van der Waals surface area contributed by atoms with Gasteiger partial charge in [-0.05, 0) is 30.7 Å². The summed E-state index contributed by atoms with van der Waals surface area (Å²) in [6.07, 6.45) is 0. The molecule has 0 saturated carbocycles. The van der Waals surface area contributed by atoms with Gasteiger partial charge in [0.2, 0.25) is 10.0 Å². The summed E-state index contributed by atoms with van der Waals surface area (Å²) in [4.78, 5) is 5.84. The average molecular weight is 468 g/mol. The van der Waals surface area contributed by atoms with E-state index in [0.29, 0.717) is 4.90 Å². The number of thiazole rings is 1. The van der Waals surface area contributed by atoms with Crippen LogP contribution in [-0.4, -0.2) is 31.4 Å². The van der Waals surface area contributed by atoms with Gasteiger partial charge in [0.05, 0.1) is 16.3 Å². The third-order valence-corrected chi connectivity index (χ3v) is 7.02. The van der Waals surface area contributed by atoms with Crippen molar-refractivity contribution in [3.63, 3.8) is 0 Å². The van der Waals surface area contributed by atoms with Crippen molar-refractivity contribution in [1.82, 2.24) is 8.87 Å². The van der Waals surface area contributed by atoms with Gasteiger partial charge in [0.25, 0.3) is 0 Å². The van der Waals surface area contributed by atoms with Crippen LogP contribution in [0.4, 0.5) is 5.69 Å². The zero-order valence-corrected chi connectivity index (χ0v) is 18.9. The van der Waals surface area contributed by atoms with E-state index in [9.17, 15) is 8.42 Å². The summed E-state index contributed by atoms with van der Waals surface area (Å²) in [5.74, 6) is 0. The maximum absolute atomic E-state index is 12.6. The maximum Gasteiger partial charge on any atom is 0.242 e. The molecule has 0 N–H and O–H groups in total. The first-order valence-electron chi connectivity index (χ1n) is 8.08. The van der Waals surface area contributed by atoms with Crippen molar-refractivity contribution in [2.45, 2.75) is 11.8 Å². The molecule has 3 rings (SSSR count). The number of nitrogens with zero attached hydrogens (tertiary/aromatic N) is 3. The number of sulfonamides is 1. The smallest absolute Gasteiger partial charge is 0.242 e. The molecule has 0 radical (unpaired) electrons. The van der Waals surface area contributed by atoms with Crippen molar-refractivity contribution in [2.75, 3.05) is 14.1 Å². The Labute approximate surface area is 174 Å². The van der Waals surface area contributed by atoms with Gasteiger partial charge < -0.3 is 4.57 Å². The average Bonchev–Trinajstić information content (AvgIpc) is 2.97. The summed E-state index contributed by atoms with van der Waals surface area (Å²) in [7, 11) is 1.54. The van der Waals surface area contributed by atoms with E-state index in [1.807, 2.05) is 66.4 Å². The third-order valence-electron chi connectivity index (χ3n) is 4.15. The Morgan fingerprint density at radius 2 is 1.74 bits per heavy atom. The number of para-hydroxylation sites is 1. The second-order valence-electron chi connectivity index (χ2n) is 6.18. The number of hydrogen-bond acceptors (Lipinski definition) is 4. The maximum atomic E-state index is 12.6. The summed E-state index contributed by atoms with van der Waals surface area (Å²) in [6.45, 7) is 1.81. The van der Waals surface area contributed by atoms with Crippen molar-refractivity contribution in [3.8, 4) is 11.3 Å². The van der Waals surface area contributed by atoms with E-state index in [2.05, 4.69) is 4.99 Å². The normalized spacial score (nSPS) is 12.3. The van der Waals surface area contributed by atoms with Crippen molar-refractivity contribution in [3.05, 3.63) is 64.3 Å². The van der Waals surface area contributed by atoms with Crippen LogP contribution >= 0.6 is 28.3 Å². The van der Waals surface area contributed by atoms with Crippen LogP contribution in [0.1, 0.15) is 5.56 Å². The van der Waals surface area contributed by atoms with Gasteiger partial charge in [-0.2, -0.15) is 0 Å². The SMILES string of the molecule is Br.Cc1ccc(-c2csc(=Nc3ccccc3)n2C)cc1S(=O)(=O)N(C)C. The van der Waals surface area contributed by atoms with E-state index in [1.54, 1.807) is 20.2 Å². The molecule has 0 unspecified atom stereocenters. The van der Waals surface area contributed by atoms with Gasteiger partial charge in [0.1, 0.15) is 0 Å². The van der Waals surface area contributed by atoms with Gasteiger partial charge in [0.15, 0.2) is 4.80 Å². The van der Waals surface area contributed by atoms with Crippen molar-refractivity contribution in [1.29, 1.82) is 0 Å². The molecule has 144 valence electrons. The van der Waals surface area contributed by atoms with E-state index in [-0.39, 0.29) is 17.0 Å². The van der Waals surface area contributed by atoms with Crippen LogP contribution in [-0.2, 0) is 17.1 Å². The fourth-order valence-electron chi connectivity index (χ4n) is 2.58. The second kappa shape index (κ2) is 8.52. The molecule has 3 aromatic rings. The minimum absolute atomic E-state index is 0. The minimum atomic E-state index is -3.49. The standard InChI is InChI=1S/C19H21N3O2S2.BrH/c1-14-10-11-15(12-18(14)26(23,24)21(2)3)17-13-25-19(22(17)4)20-16-8-6-5-7-9-16;/h5-13H,1-4H3;1H. The lowest BCUT2D eigenvalue weighted by atomic mass is 10.1. The Morgan fingerprint density at radius 3 is 2.37 bits per heavy atom. The van der Waals surface area contributed by atoms with Crippen LogP contribution in [0.15, 0.2) is 63.8 Å². The van der Waals surface area contributed by atoms with Crippen molar-refractivity contribution in [2.24, 2.45) is 12.0 Å². The number of hydrogen-bond donors (Lipinski definition) is 0. The van der Waals surface area contributed by atoms with Crippen LogP contribution in [0.3, 0.4) is 0 Å². The predicted molar refractivity (Wildman–Crippen MR) is 116 cm³/mol. The van der Waals surface area contributed by atoms with E-state index >= 15 is 0 Å². The first-order valence-corrected chi connectivity index (χ1v) is 10.4. The van der Waals surface area contributed by atoms with Crippen LogP contribution in [0, 0.1) is 6.92 Å². The van der Waals surface area contributed by atoms with Gasteiger partial charge in [-0.15, -0.1) is 28.3 Å². The predicted octanol–water partition coefficient (Wildman–Crippen LogP) is 4.12. The second-order valence-corrected chi connectivity index (χ2v) is 9.13. The van der Waals surface area contributed by atoms with Gasteiger partial charge in [-0.25, -0.2) is 17.7 Å². The monoisotopic (exact) mass is 467 g/mol. The highest BCUT2D eigenvalue weighted by Gasteiger charge is 2.20. The minimum Gasteiger partial charge on any atom is -0.320 e. The molecule has 0 aliphatic rings. The van der Waals surface area contributed by atoms with E-state index in [0.717, 1.165) is 27.3 Å². The molecule has 1 heterocycles. The molecule has 27 heavy (non-hydrogen) atoms. The highest BCUT2D eigenvalue weighted by atomic mass is 79.9. The quantitative estimate of drug-likeness (QED) is 0.579. The summed E-state index contributed by atoms with van der Waals surface area (Å²) in [6, 6.07) is 15.3. The molecular formula is C19H22BrN3O2S2. The zero-order valence-electron chi connectivity index (χ0n) is 15.6. The first kappa shape index (κ1) is 21.6. The molecule has 0 bridgehead atoms. The molecule has 0 atom stereocenters. The van der Waals surface area contributed by atoms with Crippen LogP contribution < -0.4 is 4.80 Å². The lowest BCUT2D eigenvalue weighted by molar-refractivity contribution is 0.520. The molecule has 0 spiro atoms. The Kier molecular flexibility index (Phi) is 6.80. The van der Waals surface area contributed by atoms with Crippen molar-refractivity contribution >= 4 is 44.0 Å². The van der Waals surface area contributed by atoms with E-state index < -0.39 is 10.0 Å². The molecule has 0 saturated heterocycles. The lowest BCUT2D eigenvalue weighted by Crippen LogP contribution is -2.23. The highest BCUT2D eigenvalue weighted by Crippen LogP contribution is 2.26. The number of aromatic nitrogens is 1. The molecule has 8 heteroatoms. The summed E-state index contributed by atoms with van der Waals surface area (Å²) < 4.78 is 28.4. The zero-order chi connectivity index (χ0) is 18.9. The number of aryl methyl sites for hydroxylation is 1. The van der Waals surface area contributed by atoms with E-state index in [1.165, 1.54) is 15.6 Å². The molecule has 2 aromatic carbocycles. The Balaban J connectivity index is 0.00000261. The van der Waals surface area contributed by atoms with Gasteiger partial charge in [0, 0.05) is 32.1 Å². The number of rotatable bonds is 4. The van der Waals surface area contributed by atoms with E-state index in [4.69, 9.17) is 0 Å². The van der Waals surface area contributed by atoms with Crippen LogP contribution in [0.5, 0.6) is 0 Å². The summed E-state index contributed by atoms with van der Waals surface area (Å²) in [5, 5.41) is 2.00. The van der Waals surface area contributed by atoms with Gasteiger partial charge in [-0.1, -0.05) is 30.3 Å². The molecule has 1 aromatic heterocycles. The summed E-state index contributed by atoms with van der Waals surface area (Å²) in [5.41, 5.74) is 3.40. The third kappa shape index (κ3) is 4.40. The van der Waals surface area contributed by atoms with Gasteiger partial charge >= 0.3 is 0 Å². The molecule has 0 fully saturated rings. The summed E-state index contributed by atoms with van der Waals surface area (Å²) >= 11 is 1.53. The Hall–Kier alpha value is -1.74. The Morgan fingerprint density at radius 1 is 1.07 bits per heavy atom. The van der Waals surface area contributed by atoms with Gasteiger partial charge in [-0.3, -0.25) is 0 Å².